The van der Waals surface area contributed by atoms with Crippen LogP contribution in [0.5, 0.6) is 0 Å². The van der Waals surface area contributed by atoms with E-state index in [1.807, 2.05) is 43.3 Å². The fourth-order valence-corrected chi connectivity index (χ4v) is 5.26. The average Bonchev–Trinajstić information content (AvgIpc) is 2.89. The van der Waals surface area contributed by atoms with E-state index >= 15 is 0 Å². The second-order valence-corrected chi connectivity index (χ2v) is 8.63. The fourth-order valence-electron chi connectivity index (χ4n) is 3.37. The maximum atomic E-state index is 12.3. The highest BCUT2D eigenvalue weighted by molar-refractivity contribution is 7.93. The molecule has 1 saturated heterocycles. The molecule has 6 nitrogen and oxygen atoms in total. The summed E-state index contributed by atoms with van der Waals surface area (Å²) in [4.78, 5) is 19.5. The Kier molecular flexibility index (Phi) is 4.03. The van der Waals surface area contributed by atoms with Gasteiger partial charge in [-0.2, -0.15) is 0 Å². The van der Waals surface area contributed by atoms with Gasteiger partial charge >= 0.3 is 0 Å². The van der Waals surface area contributed by atoms with Gasteiger partial charge < -0.3 is 4.98 Å². The fraction of sp³-hybridized carbons (Fsp3) is 0.263. The zero-order valence-corrected chi connectivity index (χ0v) is 15.2. The second kappa shape index (κ2) is 6.25. The van der Waals surface area contributed by atoms with Gasteiger partial charge in [0.15, 0.2) is 0 Å². The van der Waals surface area contributed by atoms with Crippen LogP contribution in [0.2, 0.25) is 0 Å². The van der Waals surface area contributed by atoms with Gasteiger partial charge in [0.1, 0.15) is 5.82 Å². The number of hydrogen-bond donors (Lipinski definition) is 1. The van der Waals surface area contributed by atoms with Gasteiger partial charge in [0.05, 0.1) is 5.75 Å². The minimum atomic E-state index is -3.28. The number of H-pyrrole nitrogens is 1. The molecule has 1 atom stereocenters. The quantitative estimate of drug-likeness (QED) is 0.769. The molecule has 0 aliphatic carbocycles. The molecule has 2 aromatic heterocycles. The Morgan fingerprint density at radius 3 is 2.73 bits per heavy atom. The molecule has 1 N–H and O–H groups in total. The maximum Gasteiger partial charge on any atom is 0.251 e. The predicted molar refractivity (Wildman–Crippen MR) is 102 cm³/mol. The molecule has 0 amide bonds. The Labute approximate surface area is 151 Å². The smallest absolute Gasteiger partial charge is 0.251 e. The van der Waals surface area contributed by atoms with Crippen LogP contribution in [-0.4, -0.2) is 30.2 Å². The van der Waals surface area contributed by atoms with Gasteiger partial charge in [-0.1, -0.05) is 24.3 Å². The lowest BCUT2D eigenvalue weighted by atomic mass is 10.1. The molecule has 3 heterocycles. The molecule has 1 unspecified atom stereocenters. The average molecular weight is 369 g/mol. The number of aromatic amines is 1. The van der Waals surface area contributed by atoms with E-state index < -0.39 is 10.0 Å². The number of para-hydroxylation sites is 1. The number of rotatable bonds is 3. The molecule has 3 aromatic rings. The Morgan fingerprint density at radius 2 is 2.04 bits per heavy atom. The summed E-state index contributed by atoms with van der Waals surface area (Å²) < 4.78 is 25.7. The lowest BCUT2D eigenvalue weighted by Gasteiger charge is -2.21. The standard InChI is InChI=1S/C19H19N3O3S/c1-13-8-9-26(24,25)22(13)18-7-6-14(12-20-18)10-16-11-15-4-2-3-5-17(15)21-19(16)23/h2-7,11-13H,8-10H2,1H3,(H,21,23). The molecule has 0 bridgehead atoms. The van der Waals surface area contributed by atoms with Crippen molar-refractivity contribution in [2.24, 2.45) is 0 Å². The predicted octanol–water partition coefficient (Wildman–Crippen LogP) is 2.44. The highest BCUT2D eigenvalue weighted by atomic mass is 32.2. The zero-order valence-electron chi connectivity index (χ0n) is 14.3. The van der Waals surface area contributed by atoms with E-state index in [9.17, 15) is 13.2 Å². The number of benzene rings is 1. The molecule has 1 aromatic carbocycles. The van der Waals surface area contributed by atoms with Gasteiger partial charge in [-0.15, -0.1) is 0 Å². The van der Waals surface area contributed by atoms with Gasteiger partial charge in [0, 0.05) is 29.7 Å². The van der Waals surface area contributed by atoms with Crippen LogP contribution in [-0.2, 0) is 16.4 Å². The third-order valence-electron chi connectivity index (χ3n) is 4.75. The van der Waals surface area contributed by atoms with Gasteiger partial charge in [-0.25, -0.2) is 13.4 Å². The first-order valence-corrected chi connectivity index (χ1v) is 10.1. The first-order chi connectivity index (χ1) is 12.4. The Hall–Kier alpha value is -2.67. The van der Waals surface area contributed by atoms with Crippen molar-refractivity contribution in [3.63, 3.8) is 0 Å². The van der Waals surface area contributed by atoms with Crippen LogP contribution in [0, 0.1) is 0 Å². The number of aromatic nitrogens is 2. The molecule has 26 heavy (non-hydrogen) atoms. The summed E-state index contributed by atoms with van der Waals surface area (Å²) in [5, 5.41) is 0.976. The van der Waals surface area contributed by atoms with E-state index in [4.69, 9.17) is 0 Å². The molecule has 0 spiro atoms. The Balaban J connectivity index is 1.62. The van der Waals surface area contributed by atoms with Crippen LogP contribution < -0.4 is 9.86 Å². The summed E-state index contributed by atoms with van der Waals surface area (Å²) in [5.41, 5.74) is 2.20. The molecule has 1 aliphatic rings. The van der Waals surface area contributed by atoms with E-state index in [-0.39, 0.29) is 17.4 Å². The summed E-state index contributed by atoms with van der Waals surface area (Å²) >= 11 is 0. The molecule has 1 aliphatic heterocycles. The van der Waals surface area contributed by atoms with E-state index in [1.54, 1.807) is 12.3 Å². The first kappa shape index (κ1) is 16.8. The Morgan fingerprint density at radius 1 is 1.23 bits per heavy atom. The number of anilines is 1. The van der Waals surface area contributed by atoms with E-state index in [2.05, 4.69) is 9.97 Å². The van der Waals surface area contributed by atoms with E-state index in [0.29, 0.717) is 24.2 Å². The topological polar surface area (TPSA) is 83.1 Å². The second-order valence-electron chi connectivity index (χ2n) is 6.66. The number of hydrogen-bond acceptors (Lipinski definition) is 4. The minimum Gasteiger partial charge on any atom is -0.322 e. The first-order valence-electron chi connectivity index (χ1n) is 8.52. The number of sulfonamides is 1. The highest BCUT2D eigenvalue weighted by Crippen LogP contribution is 2.27. The number of nitrogens with zero attached hydrogens (tertiary/aromatic N) is 2. The summed E-state index contributed by atoms with van der Waals surface area (Å²) in [5.74, 6) is 0.593. The van der Waals surface area contributed by atoms with Crippen molar-refractivity contribution in [3.05, 3.63) is 70.1 Å². The van der Waals surface area contributed by atoms with Crippen molar-refractivity contribution in [2.45, 2.75) is 25.8 Å². The van der Waals surface area contributed by atoms with Crippen LogP contribution in [0.3, 0.4) is 0 Å². The summed E-state index contributed by atoms with van der Waals surface area (Å²) in [7, 11) is -3.28. The van der Waals surface area contributed by atoms with Crippen molar-refractivity contribution < 1.29 is 8.42 Å². The molecule has 0 radical (unpaired) electrons. The molecule has 0 saturated carbocycles. The largest absolute Gasteiger partial charge is 0.322 e. The lowest BCUT2D eigenvalue weighted by Crippen LogP contribution is -2.31. The van der Waals surface area contributed by atoms with Crippen molar-refractivity contribution in [1.29, 1.82) is 0 Å². The van der Waals surface area contributed by atoms with Gasteiger partial charge in [0.25, 0.3) is 5.56 Å². The molecule has 7 heteroatoms. The van der Waals surface area contributed by atoms with Crippen molar-refractivity contribution >= 4 is 26.7 Å². The molecule has 1 fully saturated rings. The monoisotopic (exact) mass is 369 g/mol. The molecular weight excluding hydrogens is 350 g/mol. The van der Waals surface area contributed by atoms with Gasteiger partial charge in [-0.05, 0) is 42.5 Å². The number of nitrogens with one attached hydrogen (secondary N) is 1. The van der Waals surface area contributed by atoms with Crippen LogP contribution in [0.15, 0.2) is 53.5 Å². The summed E-state index contributed by atoms with van der Waals surface area (Å²) in [6.45, 7) is 1.88. The van der Waals surface area contributed by atoms with Crippen LogP contribution in [0.1, 0.15) is 24.5 Å². The normalized spacial score (nSPS) is 19.1. The van der Waals surface area contributed by atoms with Gasteiger partial charge in [-0.3, -0.25) is 9.10 Å². The lowest BCUT2D eigenvalue weighted by molar-refractivity contribution is 0.597. The van der Waals surface area contributed by atoms with Crippen LogP contribution >= 0.6 is 0 Å². The number of fused-ring (bicyclic) bond motifs is 1. The van der Waals surface area contributed by atoms with E-state index in [0.717, 1.165) is 16.5 Å². The van der Waals surface area contributed by atoms with Crippen LogP contribution in [0.4, 0.5) is 5.82 Å². The van der Waals surface area contributed by atoms with Crippen LogP contribution in [0.25, 0.3) is 10.9 Å². The van der Waals surface area contributed by atoms with Gasteiger partial charge in [0.2, 0.25) is 10.0 Å². The SMILES string of the molecule is CC1CCS(=O)(=O)N1c1ccc(Cc2cc3ccccc3[nH]c2=O)cn1. The molecule has 4 rings (SSSR count). The third kappa shape index (κ3) is 2.99. The molecular formula is C19H19N3O3S. The maximum absolute atomic E-state index is 12.3. The highest BCUT2D eigenvalue weighted by Gasteiger charge is 2.35. The minimum absolute atomic E-state index is 0.0818. The Bertz CT molecular complexity index is 1120. The summed E-state index contributed by atoms with van der Waals surface area (Å²) in [6.07, 6.45) is 2.69. The summed E-state index contributed by atoms with van der Waals surface area (Å²) in [6, 6.07) is 13.0. The van der Waals surface area contributed by atoms with Crippen molar-refractivity contribution in [1.82, 2.24) is 9.97 Å². The molecule has 134 valence electrons. The third-order valence-corrected chi connectivity index (χ3v) is 6.65. The zero-order chi connectivity index (χ0) is 18.3. The van der Waals surface area contributed by atoms with E-state index in [1.165, 1.54) is 4.31 Å². The number of pyridine rings is 2. The van der Waals surface area contributed by atoms with Crippen molar-refractivity contribution in [2.75, 3.05) is 10.1 Å². The van der Waals surface area contributed by atoms with Crippen molar-refractivity contribution in [3.8, 4) is 0 Å².